The fraction of sp³-hybridized carbons (Fsp3) is 0. The van der Waals surface area contributed by atoms with Crippen LogP contribution in [0.15, 0.2) is 42.5 Å². The number of amides is 1. The summed E-state index contributed by atoms with van der Waals surface area (Å²) < 4.78 is 0. The third kappa shape index (κ3) is 3.48. The lowest BCUT2D eigenvalue weighted by molar-refractivity contribution is 0.102. The molecule has 1 amide bonds. The van der Waals surface area contributed by atoms with Crippen LogP contribution in [-0.4, -0.2) is 10.9 Å². The van der Waals surface area contributed by atoms with E-state index in [4.69, 9.17) is 41.2 Å². The molecule has 0 saturated heterocycles. The molecular formula is C14H10Cl2N2OS. The second-order valence-electron chi connectivity index (χ2n) is 4.02. The van der Waals surface area contributed by atoms with Crippen molar-refractivity contribution in [3.63, 3.8) is 0 Å². The maximum atomic E-state index is 12.0. The minimum absolute atomic E-state index is 0.252. The monoisotopic (exact) mass is 324 g/mol. The first-order valence-electron chi connectivity index (χ1n) is 5.63. The molecule has 0 atom stereocenters. The van der Waals surface area contributed by atoms with Gasteiger partial charge in [0.25, 0.3) is 5.91 Å². The van der Waals surface area contributed by atoms with Crippen molar-refractivity contribution in [3.8, 4) is 0 Å². The molecule has 0 aliphatic rings. The summed E-state index contributed by atoms with van der Waals surface area (Å²) in [6, 6.07) is 11.5. The first-order chi connectivity index (χ1) is 9.47. The van der Waals surface area contributed by atoms with Crippen LogP contribution in [0.5, 0.6) is 0 Å². The molecule has 20 heavy (non-hydrogen) atoms. The van der Waals surface area contributed by atoms with Crippen molar-refractivity contribution in [1.29, 1.82) is 0 Å². The summed E-state index contributed by atoms with van der Waals surface area (Å²) in [7, 11) is 0. The minimum Gasteiger partial charge on any atom is -0.389 e. The van der Waals surface area contributed by atoms with Crippen LogP contribution >= 0.6 is 35.4 Å². The number of halogens is 2. The molecule has 0 aliphatic heterocycles. The molecule has 2 aromatic rings. The number of rotatable bonds is 3. The summed E-state index contributed by atoms with van der Waals surface area (Å²) >= 11 is 16.7. The molecule has 0 radical (unpaired) electrons. The summed E-state index contributed by atoms with van der Waals surface area (Å²) in [6.07, 6.45) is 0. The number of hydrogen-bond donors (Lipinski definition) is 2. The van der Waals surface area contributed by atoms with Gasteiger partial charge in [0.1, 0.15) is 4.99 Å². The van der Waals surface area contributed by atoms with Crippen molar-refractivity contribution in [3.05, 3.63) is 63.6 Å². The minimum atomic E-state index is -0.272. The number of hydrogen-bond acceptors (Lipinski definition) is 2. The van der Waals surface area contributed by atoms with Crippen LogP contribution in [0.25, 0.3) is 0 Å². The van der Waals surface area contributed by atoms with Gasteiger partial charge in [-0.05, 0) is 42.5 Å². The molecule has 0 aliphatic carbocycles. The van der Waals surface area contributed by atoms with Crippen molar-refractivity contribution in [1.82, 2.24) is 0 Å². The van der Waals surface area contributed by atoms with Gasteiger partial charge in [0.05, 0.1) is 10.7 Å². The Morgan fingerprint density at radius 2 is 1.65 bits per heavy atom. The van der Waals surface area contributed by atoms with Gasteiger partial charge in [-0.15, -0.1) is 0 Å². The summed E-state index contributed by atoms with van der Waals surface area (Å²) in [4.78, 5) is 12.3. The molecule has 6 heteroatoms. The molecule has 0 heterocycles. The maximum Gasteiger partial charge on any atom is 0.255 e. The second-order valence-corrected chi connectivity index (χ2v) is 5.30. The third-order valence-corrected chi connectivity index (χ3v) is 3.41. The summed E-state index contributed by atoms with van der Waals surface area (Å²) in [5.74, 6) is -0.272. The van der Waals surface area contributed by atoms with Gasteiger partial charge in [-0.2, -0.15) is 0 Å². The standard InChI is InChI=1S/C14H10Cl2N2OS/c15-10-4-1-8(2-5-10)14(19)18-12-6-3-9(13(17)20)7-11(12)16/h1-7H,(H2,17,20)(H,18,19). The van der Waals surface area contributed by atoms with Crippen LogP contribution < -0.4 is 11.1 Å². The van der Waals surface area contributed by atoms with Gasteiger partial charge in [-0.25, -0.2) is 0 Å². The van der Waals surface area contributed by atoms with Crippen molar-refractivity contribution in [2.45, 2.75) is 0 Å². The smallest absolute Gasteiger partial charge is 0.255 e. The lowest BCUT2D eigenvalue weighted by Crippen LogP contribution is -2.13. The van der Waals surface area contributed by atoms with Gasteiger partial charge in [0.2, 0.25) is 0 Å². The summed E-state index contributed by atoms with van der Waals surface area (Å²) in [5.41, 5.74) is 7.14. The van der Waals surface area contributed by atoms with E-state index in [1.807, 2.05) is 0 Å². The first-order valence-corrected chi connectivity index (χ1v) is 6.80. The lowest BCUT2D eigenvalue weighted by Gasteiger charge is -2.08. The molecule has 0 saturated carbocycles. The zero-order valence-corrected chi connectivity index (χ0v) is 12.5. The van der Waals surface area contributed by atoms with Crippen LogP contribution in [-0.2, 0) is 0 Å². The summed E-state index contributed by atoms with van der Waals surface area (Å²) in [5, 5.41) is 3.66. The van der Waals surface area contributed by atoms with E-state index in [1.54, 1.807) is 42.5 Å². The van der Waals surface area contributed by atoms with Gasteiger partial charge < -0.3 is 11.1 Å². The molecule has 102 valence electrons. The van der Waals surface area contributed by atoms with Crippen molar-refractivity contribution in [2.24, 2.45) is 5.73 Å². The normalized spacial score (nSPS) is 10.1. The van der Waals surface area contributed by atoms with E-state index in [-0.39, 0.29) is 10.9 Å². The molecule has 0 bridgehead atoms. The van der Waals surface area contributed by atoms with Crippen molar-refractivity contribution < 1.29 is 4.79 Å². The average molecular weight is 325 g/mol. The molecule has 0 spiro atoms. The Bertz CT molecular complexity index is 671. The van der Waals surface area contributed by atoms with Gasteiger partial charge in [-0.3, -0.25) is 4.79 Å². The number of carbonyl (C=O) groups excluding carboxylic acids is 1. The molecule has 3 nitrogen and oxygen atoms in total. The summed E-state index contributed by atoms with van der Waals surface area (Å²) in [6.45, 7) is 0. The van der Waals surface area contributed by atoms with Crippen molar-refractivity contribution >= 4 is 52.0 Å². The molecule has 0 aromatic heterocycles. The number of benzene rings is 2. The predicted octanol–water partition coefficient (Wildman–Crippen LogP) is 3.88. The fourth-order valence-corrected chi connectivity index (χ4v) is 2.05. The van der Waals surface area contributed by atoms with E-state index in [0.717, 1.165) is 0 Å². The number of thiocarbonyl (C=S) groups is 1. The number of anilines is 1. The Hall–Kier alpha value is -1.62. The zero-order chi connectivity index (χ0) is 14.7. The predicted molar refractivity (Wildman–Crippen MR) is 86.7 cm³/mol. The average Bonchev–Trinajstić information content (AvgIpc) is 2.41. The van der Waals surface area contributed by atoms with Gasteiger partial charge in [-0.1, -0.05) is 35.4 Å². The highest BCUT2D eigenvalue weighted by molar-refractivity contribution is 7.80. The van der Waals surface area contributed by atoms with Crippen LogP contribution in [0, 0.1) is 0 Å². The lowest BCUT2D eigenvalue weighted by atomic mass is 10.2. The molecule has 0 fully saturated rings. The fourth-order valence-electron chi connectivity index (χ4n) is 1.57. The van der Waals surface area contributed by atoms with E-state index in [2.05, 4.69) is 5.32 Å². The molecule has 3 N–H and O–H groups in total. The largest absolute Gasteiger partial charge is 0.389 e. The quantitative estimate of drug-likeness (QED) is 0.842. The highest BCUT2D eigenvalue weighted by Gasteiger charge is 2.09. The molecule has 2 aromatic carbocycles. The zero-order valence-electron chi connectivity index (χ0n) is 10.2. The van der Waals surface area contributed by atoms with Crippen molar-refractivity contribution in [2.75, 3.05) is 5.32 Å². The first kappa shape index (κ1) is 14.8. The number of nitrogens with two attached hydrogens (primary N) is 1. The molecular weight excluding hydrogens is 315 g/mol. The number of carbonyl (C=O) groups is 1. The number of nitrogens with one attached hydrogen (secondary N) is 1. The van der Waals surface area contributed by atoms with Gasteiger partial charge in [0, 0.05) is 16.1 Å². The Balaban J connectivity index is 2.19. The highest BCUT2D eigenvalue weighted by atomic mass is 35.5. The van der Waals surface area contributed by atoms with Gasteiger partial charge in [0.15, 0.2) is 0 Å². The Morgan fingerprint density at radius 1 is 1.05 bits per heavy atom. The topological polar surface area (TPSA) is 55.1 Å². The van der Waals surface area contributed by atoms with Crippen LogP contribution in [0.3, 0.4) is 0 Å². The Kier molecular flexibility index (Phi) is 4.60. The van der Waals surface area contributed by atoms with E-state index in [9.17, 15) is 4.79 Å². The van der Waals surface area contributed by atoms with Gasteiger partial charge >= 0.3 is 0 Å². The molecule has 0 unspecified atom stereocenters. The third-order valence-electron chi connectivity index (χ3n) is 2.61. The van der Waals surface area contributed by atoms with E-state index in [0.29, 0.717) is 26.9 Å². The van der Waals surface area contributed by atoms with Crippen LogP contribution in [0.4, 0.5) is 5.69 Å². The molecule has 2 rings (SSSR count). The van der Waals surface area contributed by atoms with E-state index in [1.165, 1.54) is 0 Å². The highest BCUT2D eigenvalue weighted by Crippen LogP contribution is 2.24. The maximum absolute atomic E-state index is 12.0. The van der Waals surface area contributed by atoms with E-state index >= 15 is 0 Å². The Morgan fingerprint density at radius 3 is 2.20 bits per heavy atom. The van der Waals surface area contributed by atoms with Crippen LogP contribution in [0.2, 0.25) is 10.0 Å². The second kappa shape index (κ2) is 6.22. The SMILES string of the molecule is NC(=S)c1ccc(NC(=O)c2ccc(Cl)cc2)c(Cl)c1. The van der Waals surface area contributed by atoms with E-state index < -0.39 is 0 Å². The Labute approximate surface area is 131 Å². The van der Waals surface area contributed by atoms with Crippen LogP contribution in [0.1, 0.15) is 15.9 Å².